The lowest BCUT2D eigenvalue weighted by Crippen LogP contribution is -2.25. The van der Waals surface area contributed by atoms with Gasteiger partial charge in [-0.05, 0) is 18.9 Å². The first-order valence-corrected chi connectivity index (χ1v) is 3.98. The Morgan fingerprint density at radius 3 is 2.55 bits per heavy atom. The van der Waals surface area contributed by atoms with E-state index in [1.165, 1.54) is 6.08 Å². The van der Waals surface area contributed by atoms with Crippen LogP contribution in [0.3, 0.4) is 0 Å². The van der Waals surface area contributed by atoms with Crippen LogP contribution in [0.2, 0.25) is 0 Å². The largest absolute Gasteiger partial charge is 0.385 e. The molecule has 2 nitrogen and oxygen atoms in total. The van der Waals surface area contributed by atoms with Crippen LogP contribution in [-0.4, -0.2) is 17.0 Å². The molecule has 0 aromatic rings. The van der Waals surface area contributed by atoms with Gasteiger partial charge < -0.3 is 5.11 Å². The summed E-state index contributed by atoms with van der Waals surface area (Å²) >= 11 is 0. The van der Waals surface area contributed by atoms with Crippen LogP contribution in [0.25, 0.3) is 0 Å². The zero-order valence-corrected chi connectivity index (χ0v) is 7.37. The van der Waals surface area contributed by atoms with E-state index in [1.807, 2.05) is 13.8 Å². The van der Waals surface area contributed by atoms with Crippen molar-refractivity contribution in [2.24, 2.45) is 5.92 Å². The maximum absolute atomic E-state index is 11.0. The van der Waals surface area contributed by atoms with E-state index >= 15 is 0 Å². The number of aliphatic hydroxyl groups excluding tert-OH is 1. The zero-order valence-electron chi connectivity index (χ0n) is 7.37. The van der Waals surface area contributed by atoms with Gasteiger partial charge in [-0.15, -0.1) is 0 Å². The third-order valence-corrected chi connectivity index (χ3v) is 1.81. The van der Waals surface area contributed by atoms with Gasteiger partial charge in [0.15, 0.2) is 5.78 Å². The number of rotatable bonds is 4. The number of carbonyl (C=O) groups is 1. The fourth-order valence-electron chi connectivity index (χ4n) is 0.767. The highest BCUT2D eigenvalue weighted by molar-refractivity contribution is 5.93. The smallest absolute Gasteiger partial charge is 0.184 e. The molecule has 0 saturated carbocycles. The Labute approximate surface area is 67.9 Å². The molecule has 0 aromatic carbocycles. The minimum atomic E-state index is -0.823. The molecule has 0 aliphatic rings. The van der Waals surface area contributed by atoms with Crippen molar-refractivity contribution >= 4 is 5.78 Å². The van der Waals surface area contributed by atoms with Crippen LogP contribution in [0.4, 0.5) is 0 Å². The molecule has 0 aromatic heterocycles. The average Bonchev–Trinajstić information content (AvgIpc) is 2.02. The van der Waals surface area contributed by atoms with E-state index in [9.17, 15) is 9.90 Å². The first-order chi connectivity index (χ1) is 5.13. The molecule has 64 valence electrons. The molecule has 0 bridgehead atoms. The van der Waals surface area contributed by atoms with Crippen molar-refractivity contribution < 1.29 is 9.90 Å². The summed E-state index contributed by atoms with van der Waals surface area (Å²) in [6.45, 7) is 5.59. The molecule has 2 heteroatoms. The Morgan fingerprint density at radius 1 is 1.64 bits per heavy atom. The van der Waals surface area contributed by atoms with Crippen LogP contribution >= 0.6 is 0 Å². The van der Waals surface area contributed by atoms with Crippen molar-refractivity contribution in [2.75, 3.05) is 0 Å². The molecule has 0 aliphatic heterocycles. The predicted molar refractivity (Wildman–Crippen MR) is 45.3 cm³/mol. The lowest BCUT2D eigenvalue weighted by atomic mass is 9.98. The van der Waals surface area contributed by atoms with Crippen LogP contribution in [0.1, 0.15) is 27.2 Å². The third-order valence-electron chi connectivity index (χ3n) is 1.81. The van der Waals surface area contributed by atoms with Crippen molar-refractivity contribution in [1.29, 1.82) is 0 Å². The fourth-order valence-corrected chi connectivity index (χ4v) is 0.767. The molecule has 0 spiro atoms. The summed E-state index contributed by atoms with van der Waals surface area (Å²) in [6.07, 6.45) is 3.06. The number of aliphatic hydroxyl groups is 1. The Balaban J connectivity index is 4.01. The molecule has 0 radical (unpaired) electrons. The van der Waals surface area contributed by atoms with Crippen LogP contribution in [0.15, 0.2) is 12.2 Å². The van der Waals surface area contributed by atoms with Gasteiger partial charge in [0.1, 0.15) is 6.10 Å². The van der Waals surface area contributed by atoms with Crippen molar-refractivity contribution in [3.05, 3.63) is 12.2 Å². The first kappa shape index (κ1) is 10.4. The second kappa shape index (κ2) is 5.08. The predicted octanol–water partition coefficient (Wildman–Crippen LogP) is 1.54. The molecular formula is C9H16O2. The molecule has 2 atom stereocenters. The second-order valence-electron chi connectivity index (χ2n) is 2.73. The average molecular weight is 156 g/mol. The highest BCUT2D eigenvalue weighted by Crippen LogP contribution is 2.08. The highest BCUT2D eigenvalue weighted by Gasteiger charge is 2.17. The van der Waals surface area contributed by atoms with E-state index in [0.717, 1.165) is 6.42 Å². The summed E-state index contributed by atoms with van der Waals surface area (Å²) in [4.78, 5) is 11.0. The van der Waals surface area contributed by atoms with Crippen LogP contribution in [0, 0.1) is 5.92 Å². The summed E-state index contributed by atoms with van der Waals surface area (Å²) < 4.78 is 0. The molecule has 2 unspecified atom stereocenters. The number of allylic oxidation sites excluding steroid dienone is 1. The quantitative estimate of drug-likeness (QED) is 0.627. The maximum atomic E-state index is 11.0. The van der Waals surface area contributed by atoms with Crippen molar-refractivity contribution in [3.8, 4) is 0 Å². The topological polar surface area (TPSA) is 37.3 Å². The summed E-state index contributed by atoms with van der Waals surface area (Å²) in [7, 11) is 0. The minimum absolute atomic E-state index is 0.0544. The van der Waals surface area contributed by atoms with Gasteiger partial charge in [0.25, 0.3) is 0 Å². The molecule has 0 amide bonds. The number of ketones is 1. The number of hydrogen-bond donors (Lipinski definition) is 1. The van der Waals surface area contributed by atoms with Gasteiger partial charge in [-0.3, -0.25) is 4.79 Å². The Bertz CT molecular complexity index is 150. The highest BCUT2D eigenvalue weighted by atomic mass is 16.3. The van der Waals surface area contributed by atoms with Gasteiger partial charge in [-0.2, -0.15) is 0 Å². The van der Waals surface area contributed by atoms with Crippen LogP contribution < -0.4 is 0 Å². The second-order valence-corrected chi connectivity index (χ2v) is 2.73. The molecule has 0 rings (SSSR count). The Kier molecular flexibility index (Phi) is 4.79. The van der Waals surface area contributed by atoms with Crippen LogP contribution in [0.5, 0.6) is 0 Å². The molecule has 0 fully saturated rings. The Morgan fingerprint density at radius 2 is 2.18 bits per heavy atom. The molecular weight excluding hydrogens is 140 g/mol. The fraction of sp³-hybridized carbons (Fsp3) is 0.667. The van der Waals surface area contributed by atoms with E-state index < -0.39 is 6.10 Å². The van der Waals surface area contributed by atoms with Crippen LogP contribution in [-0.2, 0) is 4.79 Å². The normalized spacial score (nSPS) is 16.7. The van der Waals surface area contributed by atoms with E-state index in [0.29, 0.717) is 0 Å². The standard InChI is InChI=1S/C9H16O2/c1-4-6-8(10)9(11)7(3)5-2/h4,6-7,9,11H,5H2,1-3H3/b6-4+. The third kappa shape index (κ3) is 3.33. The van der Waals surface area contributed by atoms with Gasteiger partial charge in [0, 0.05) is 0 Å². The van der Waals surface area contributed by atoms with E-state index in [-0.39, 0.29) is 11.7 Å². The molecule has 11 heavy (non-hydrogen) atoms. The summed E-state index contributed by atoms with van der Waals surface area (Å²) in [6, 6.07) is 0. The monoisotopic (exact) mass is 156 g/mol. The van der Waals surface area contributed by atoms with Crippen molar-refractivity contribution in [3.63, 3.8) is 0 Å². The lowest BCUT2D eigenvalue weighted by Gasteiger charge is -2.13. The van der Waals surface area contributed by atoms with Crippen molar-refractivity contribution in [1.82, 2.24) is 0 Å². The van der Waals surface area contributed by atoms with E-state index in [2.05, 4.69) is 0 Å². The number of carbonyl (C=O) groups excluding carboxylic acids is 1. The molecule has 0 saturated heterocycles. The van der Waals surface area contributed by atoms with Crippen molar-refractivity contribution in [2.45, 2.75) is 33.3 Å². The summed E-state index contributed by atoms with van der Waals surface area (Å²) in [5, 5.41) is 9.32. The minimum Gasteiger partial charge on any atom is -0.385 e. The Hall–Kier alpha value is -0.630. The lowest BCUT2D eigenvalue weighted by molar-refractivity contribution is -0.124. The maximum Gasteiger partial charge on any atom is 0.184 e. The SMILES string of the molecule is C/C=C/C(=O)C(O)C(C)CC. The molecule has 1 N–H and O–H groups in total. The number of hydrogen-bond acceptors (Lipinski definition) is 2. The summed E-state index contributed by atoms with van der Waals surface area (Å²) in [5.41, 5.74) is 0. The molecule has 0 aliphatic carbocycles. The van der Waals surface area contributed by atoms with Gasteiger partial charge >= 0.3 is 0 Å². The summed E-state index contributed by atoms with van der Waals surface area (Å²) in [5.74, 6) is -0.138. The first-order valence-electron chi connectivity index (χ1n) is 3.98. The van der Waals surface area contributed by atoms with E-state index in [1.54, 1.807) is 13.0 Å². The molecule has 0 heterocycles. The van der Waals surface area contributed by atoms with Gasteiger partial charge in [0.05, 0.1) is 0 Å². The van der Waals surface area contributed by atoms with Gasteiger partial charge in [-0.25, -0.2) is 0 Å². The van der Waals surface area contributed by atoms with Gasteiger partial charge in [0.2, 0.25) is 0 Å². The van der Waals surface area contributed by atoms with E-state index in [4.69, 9.17) is 0 Å². The van der Waals surface area contributed by atoms with Gasteiger partial charge in [-0.1, -0.05) is 26.3 Å². The zero-order chi connectivity index (χ0) is 8.85.